The fourth-order valence-electron chi connectivity index (χ4n) is 5.93. The number of quaternary nitrogens is 1. The predicted octanol–water partition coefficient (Wildman–Crippen LogP) is 11.6. The van der Waals surface area contributed by atoms with Crippen LogP contribution in [0.25, 0.3) is 0 Å². The van der Waals surface area contributed by atoms with Crippen molar-refractivity contribution in [1.29, 1.82) is 0 Å². The molecule has 0 aromatic rings. The second kappa shape index (κ2) is 36.2. The van der Waals surface area contributed by atoms with Crippen molar-refractivity contribution in [2.24, 2.45) is 0 Å². The van der Waals surface area contributed by atoms with Crippen molar-refractivity contribution in [3.8, 4) is 0 Å². The van der Waals surface area contributed by atoms with Gasteiger partial charge >= 0.3 is 5.97 Å². The van der Waals surface area contributed by atoms with Gasteiger partial charge in [0.05, 0.1) is 27.7 Å². The summed E-state index contributed by atoms with van der Waals surface area (Å²) in [4.78, 5) is 24.8. The van der Waals surface area contributed by atoms with Gasteiger partial charge in [-0.1, -0.05) is 161 Å². The quantitative estimate of drug-likeness (QED) is 0.0203. The largest absolute Gasteiger partial charge is 0.756 e. The number of ether oxygens (including phenoxy) is 2. The van der Waals surface area contributed by atoms with Crippen LogP contribution in [0.1, 0.15) is 194 Å². The molecule has 0 fully saturated rings. The number of likely N-dealkylation sites (N-methyl/N-ethyl adjacent to an activating group) is 1. The smallest absolute Gasteiger partial charge is 0.305 e. The Bertz CT molecular complexity index is 833. The van der Waals surface area contributed by atoms with Crippen molar-refractivity contribution in [3.05, 3.63) is 12.2 Å². The number of rotatable bonds is 40. The SMILES string of the molecule is CCCCCCCC/C=C\CCCCCCCCOC(COC(=O)CCCCCCCCCCCCCCC)COP(=O)([O-])OCC[N+](C)(C)C. The van der Waals surface area contributed by atoms with Crippen molar-refractivity contribution in [1.82, 2.24) is 0 Å². The van der Waals surface area contributed by atoms with E-state index in [9.17, 15) is 14.3 Å². The number of carbonyl (C=O) groups is 1. The van der Waals surface area contributed by atoms with Crippen LogP contribution in [-0.4, -0.2) is 70.7 Å². The standard InChI is InChI=1S/C42H84NO7P/c1-6-8-10-12-14-16-18-20-21-22-24-26-28-30-32-34-37-47-41(40-50-51(45,46)49-38-36-43(3,4)5)39-48-42(44)35-33-31-29-27-25-23-19-17-15-13-11-9-7-2/h20-21,41H,6-19,22-40H2,1-5H3/b21-20-. The predicted molar refractivity (Wildman–Crippen MR) is 213 cm³/mol. The third-order valence-electron chi connectivity index (χ3n) is 9.35. The van der Waals surface area contributed by atoms with Crippen LogP contribution < -0.4 is 4.89 Å². The van der Waals surface area contributed by atoms with Crippen molar-refractivity contribution in [3.63, 3.8) is 0 Å². The summed E-state index contributed by atoms with van der Waals surface area (Å²) in [5.41, 5.74) is 0. The molecule has 0 bridgehead atoms. The van der Waals surface area contributed by atoms with Crippen LogP contribution in [0.2, 0.25) is 0 Å². The molecular weight excluding hydrogens is 661 g/mol. The Hall–Kier alpha value is -0.760. The summed E-state index contributed by atoms with van der Waals surface area (Å²) in [6.45, 7) is 5.30. The molecule has 9 heteroatoms. The van der Waals surface area contributed by atoms with E-state index in [-0.39, 0.29) is 25.8 Å². The van der Waals surface area contributed by atoms with Crippen molar-refractivity contribution in [2.45, 2.75) is 200 Å². The van der Waals surface area contributed by atoms with E-state index in [2.05, 4.69) is 26.0 Å². The second-order valence-electron chi connectivity index (χ2n) is 15.7. The Labute approximate surface area is 316 Å². The molecule has 0 saturated carbocycles. The fraction of sp³-hybridized carbons (Fsp3) is 0.929. The molecule has 0 saturated heterocycles. The molecule has 0 spiro atoms. The maximum Gasteiger partial charge on any atom is 0.305 e. The van der Waals surface area contributed by atoms with Gasteiger partial charge < -0.3 is 27.9 Å². The Morgan fingerprint density at radius 2 is 1.02 bits per heavy atom. The molecule has 0 amide bonds. The molecule has 304 valence electrons. The Balaban J connectivity index is 4.23. The van der Waals surface area contributed by atoms with Gasteiger partial charge in [0, 0.05) is 13.0 Å². The van der Waals surface area contributed by atoms with Gasteiger partial charge in [0.2, 0.25) is 0 Å². The van der Waals surface area contributed by atoms with Gasteiger partial charge in [0.15, 0.2) is 0 Å². The third-order valence-corrected chi connectivity index (χ3v) is 10.3. The summed E-state index contributed by atoms with van der Waals surface area (Å²) in [6, 6.07) is 0. The van der Waals surface area contributed by atoms with Gasteiger partial charge in [-0.15, -0.1) is 0 Å². The maximum atomic E-state index is 12.5. The first-order chi connectivity index (χ1) is 24.6. The van der Waals surface area contributed by atoms with E-state index in [1.165, 1.54) is 135 Å². The van der Waals surface area contributed by atoms with Crippen molar-refractivity contribution in [2.75, 3.05) is 54.1 Å². The third kappa shape index (κ3) is 40.3. The number of carbonyl (C=O) groups excluding carboxylic acids is 1. The van der Waals surface area contributed by atoms with E-state index in [0.29, 0.717) is 24.1 Å². The van der Waals surface area contributed by atoms with Gasteiger partial charge in [-0.25, -0.2) is 0 Å². The summed E-state index contributed by atoms with van der Waals surface area (Å²) in [5, 5.41) is 0. The molecule has 0 aromatic carbocycles. The number of phosphoric acid groups is 1. The Morgan fingerprint density at radius 3 is 1.49 bits per heavy atom. The summed E-state index contributed by atoms with van der Waals surface area (Å²) in [6.07, 6.45) is 38.0. The Morgan fingerprint density at radius 1 is 0.588 bits per heavy atom. The minimum absolute atomic E-state index is 0.0253. The highest BCUT2D eigenvalue weighted by Crippen LogP contribution is 2.38. The lowest BCUT2D eigenvalue weighted by Crippen LogP contribution is -2.37. The van der Waals surface area contributed by atoms with Crippen molar-refractivity contribution < 1.29 is 37.3 Å². The maximum absolute atomic E-state index is 12.5. The zero-order valence-electron chi connectivity index (χ0n) is 34.3. The minimum atomic E-state index is -4.49. The molecule has 0 rings (SSSR count). The molecule has 8 nitrogen and oxygen atoms in total. The van der Waals surface area contributed by atoms with E-state index in [1.54, 1.807) is 0 Å². The number of allylic oxidation sites excluding steroid dienone is 2. The molecule has 2 unspecified atom stereocenters. The number of nitrogens with zero attached hydrogens (tertiary/aromatic N) is 1. The molecule has 0 N–H and O–H groups in total. The summed E-state index contributed by atoms with van der Waals surface area (Å²) < 4.78 is 34.6. The molecule has 0 radical (unpaired) electrons. The topological polar surface area (TPSA) is 94.1 Å². The van der Waals surface area contributed by atoms with Crippen LogP contribution in [0, 0.1) is 0 Å². The molecule has 2 atom stereocenters. The number of hydrogen-bond donors (Lipinski definition) is 0. The minimum Gasteiger partial charge on any atom is -0.756 e. The summed E-state index contributed by atoms with van der Waals surface area (Å²) >= 11 is 0. The number of esters is 1. The zero-order valence-corrected chi connectivity index (χ0v) is 35.2. The van der Waals surface area contributed by atoms with E-state index in [4.69, 9.17) is 18.5 Å². The first kappa shape index (κ1) is 50.2. The van der Waals surface area contributed by atoms with Crippen LogP contribution in [0.15, 0.2) is 12.2 Å². The average Bonchev–Trinajstić information content (AvgIpc) is 3.08. The molecule has 0 aliphatic carbocycles. The fourth-order valence-corrected chi connectivity index (χ4v) is 6.66. The van der Waals surface area contributed by atoms with Gasteiger partial charge in [-0.05, 0) is 38.5 Å². The highest BCUT2D eigenvalue weighted by molar-refractivity contribution is 7.45. The van der Waals surface area contributed by atoms with Crippen LogP contribution in [-0.2, 0) is 27.9 Å². The average molecular weight is 746 g/mol. The van der Waals surface area contributed by atoms with Crippen LogP contribution in [0.3, 0.4) is 0 Å². The van der Waals surface area contributed by atoms with E-state index in [1.807, 2.05) is 21.1 Å². The molecule has 51 heavy (non-hydrogen) atoms. The molecule has 0 aromatic heterocycles. The highest BCUT2D eigenvalue weighted by atomic mass is 31.2. The van der Waals surface area contributed by atoms with E-state index >= 15 is 0 Å². The van der Waals surface area contributed by atoms with Crippen LogP contribution >= 0.6 is 7.82 Å². The first-order valence-corrected chi connectivity index (χ1v) is 22.9. The zero-order chi connectivity index (χ0) is 37.7. The van der Waals surface area contributed by atoms with Gasteiger partial charge in [-0.3, -0.25) is 9.36 Å². The lowest BCUT2D eigenvalue weighted by molar-refractivity contribution is -0.870. The van der Waals surface area contributed by atoms with Gasteiger partial charge in [-0.2, -0.15) is 0 Å². The lowest BCUT2D eigenvalue weighted by Gasteiger charge is -2.28. The van der Waals surface area contributed by atoms with E-state index < -0.39 is 13.9 Å². The highest BCUT2D eigenvalue weighted by Gasteiger charge is 2.19. The van der Waals surface area contributed by atoms with Gasteiger partial charge in [0.25, 0.3) is 7.82 Å². The molecule has 0 heterocycles. The number of hydrogen-bond acceptors (Lipinski definition) is 7. The molecule has 0 aliphatic heterocycles. The molecule has 0 aliphatic rings. The van der Waals surface area contributed by atoms with Crippen LogP contribution in [0.5, 0.6) is 0 Å². The molecular formula is C42H84NO7P. The van der Waals surface area contributed by atoms with E-state index in [0.717, 1.165) is 38.5 Å². The normalized spacial score (nSPS) is 13.9. The summed E-state index contributed by atoms with van der Waals surface area (Å²) in [5.74, 6) is -0.270. The van der Waals surface area contributed by atoms with Crippen LogP contribution in [0.4, 0.5) is 0 Å². The monoisotopic (exact) mass is 746 g/mol. The van der Waals surface area contributed by atoms with Crippen molar-refractivity contribution >= 4 is 13.8 Å². The summed E-state index contributed by atoms with van der Waals surface area (Å²) in [7, 11) is 1.41. The Kier molecular flexibility index (Phi) is 35.7. The number of unbranched alkanes of at least 4 members (excludes halogenated alkanes) is 24. The lowest BCUT2D eigenvalue weighted by atomic mass is 10.0. The first-order valence-electron chi connectivity index (χ1n) is 21.4. The number of phosphoric ester groups is 1. The van der Waals surface area contributed by atoms with Gasteiger partial charge in [0.1, 0.15) is 25.9 Å². The second-order valence-corrected chi connectivity index (χ2v) is 17.1.